The van der Waals surface area contributed by atoms with E-state index in [1.165, 1.54) is 13.2 Å². The van der Waals surface area contributed by atoms with Crippen molar-refractivity contribution in [2.45, 2.75) is 63.1 Å². The normalized spacial score (nSPS) is 18.3. The first-order valence-electron chi connectivity index (χ1n) is 15.1. The third-order valence-electron chi connectivity index (χ3n) is 8.43. The molecule has 7 nitrogen and oxygen atoms in total. The Morgan fingerprint density at radius 2 is 1.93 bits per heavy atom. The van der Waals surface area contributed by atoms with Gasteiger partial charge in [-0.1, -0.05) is 36.4 Å². The molecule has 1 aliphatic rings. The number of ether oxygens (including phenoxy) is 3. The van der Waals surface area contributed by atoms with Gasteiger partial charge < -0.3 is 14.2 Å². The number of para-hydroxylation sites is 1. The minimum absolute atomic E-state index is 0.0589. The Hall–Kier alpha value is -3.73. The van der Waals surface area contributed by atoms with Gasteiger partial charge in [-0.25, -0.2) is 4.68 Å². The summed E-state index contributed by atoms with van der Waals surface area (Å²) in [7, 11) is 3.28. The predicted octanol–water partition coefficient (Wildman–Crippen LogP) is 7.84. The van der Waals surface area contributed by atoms with Crippen LogP contribution in [0.1, 0.15) is 61.8 Å². The molecule has 0 N–H and O–H groups in total. The highest BCUT2D eigenvalue weighted by atomic mass is 32.2. The Bertz CT molecular complexity index is 1660. The van der Waals surface area contributed by atoms with Gasteiger partial charge in [0, 0.05) is 23.6 Å². The van der Waals surface area contributed by atoms with E-state index in [2.05, 4.69) is 10.3 Å². The predicted molar refractivity (Wildman–Crippen MR) is 168 cm³/mol. The number of carbonyl (C=O) groups is 1. The molecule has 2 heterocycles. The summed E-state index contributed by atoms with van der Waals surface area (Å²) in [6, 6.07) is 15.7. The topological polar surface area (TPSA) is 75.5 Å². The molecule has 0 radical (unpaired) electrons. The molecule has 11 heteroatoms. The number of rotatable bonds is 9. The van der Waals surface area contributed by atoms with Crippen molar-refractivity contribution in [1.82, 2.24) is 15.0 Å². The lowest BCUT2D eigenvalue weighted by Crippen LogP contribution is -2.27. The van der Waals surface area contributed by atoms with E-state index in [1.807, 2.05) is 38.1 Å². The van der Waals surface area contributed by atoms with Crippen molar-refractivity contribution in [2.75, 3.05) is 19.5 Å². The van der Waals surface area contributed by atoms with Crippen molar-refractivity contribution in [3.8, 4) is 11.5 Å². The fourth-order valence-corrected chi connectivity index (χ4v) is 7.45. The van der Waals surface area contributed by atoms with Gasteiger partial charge in [-0.05, 0) is 85.5 Å². The molecule has 0 amide bonds. The Morgan fingerprint density at radius 1 is 1.16 bits per heavy atom. The molecule has 5 rings (SSSR count). The third-order valence-corrected chi connectivity index (χ3v) is 9.68. The van der Waals surface area contributed by atoms with Gasteiger partial charge in [-0.15, -0.1) is 16.9 Å². The van der Waals surface area contributed by atoms with Crippen LogP contribution in [-0.4, -0.2) is 46.5 Å². The maximum atomic E-state index is 14.4. The van der Waals surface area contributed by atoms with Crippen LogP contribution in [0.2, 0.25) is 0 Å². The van der Waals surface area contributed by atoms with Crippen molar-refractivity contribution >= 4 is 28.8 Å². The number of thioether (sulfide) groups is 1. The van der Waals surface area contributed by atoms with Crippen LogP contribution < -0.4 is 9.47 Å². The number of nitrogens with zero attached hydrogens (tertiary/aromatic N) is 3. The quantitative estimate of drug-likeness (QED) is 0.172. The molecular formula is C34H38F3N3O4S. The summed E-state index contributed by atoms with van der Waals surface area (Å²) in [5.41, 5.74) is 2.03. The van der Waals surface area contributed by atoms with Crippen molar-refractivity contribution in [1.29, 1.82) is 0 Å². The number of carbonyl (C=O) groups excluding carboxylic acids is 1. The van der Waals surface area contributed by atoms with Crippen molar-refractivity contribution < 1.29 is 32.2 Å². The molecule has 0 saturated carbocycles. The zero-order valence-electron chi connectivity index (χ0n) is 26.1. The Morgan fingerprint density at radius 3 is 2.67 bits per heavy atom. The van der Waals surface area contributed by atoms with Gasteiger partial charge in [-0.3, -0.25) is 4.79 Å². The Kier molecular flexibility index (Phi) is 9.96. The molecule has 1 aromatic heterocycles. The number of esters is 1. The van der Waals surface area contributed by atoms with Crippen LogP contribution in [0, 0.1) is 11.8 Å². The molecule has 1 aliphatic heterocycles. The summed E-state index contributed by atoms with van der Waals surface area (Å²) in [6.45, 7) is 5.94. The number of hydrogen-bond acceptors (Lipinski definition) is 7. The average molecular weight is 642 g/mol. The largest absolute Gasteiger partial charge is 0.494 e. The zero-order valence-corrected chi connectivity index (χ0v) is 26.9. The fraction of sp³-hybridized carbons (Fsp3) is 0.441. The molecule has 45 heavy (non-hydrogen) atoms. The molecule has 4 aromatic rings. The number of aryl methyl sites for hydroxylation is 1. The van der Waals surface area contributed by atoms with Crippen molar-refractivity contribution in [2.24, 2.45) is 18.9 Å². The monoisotopic (exact) mass is 641 g/mol. The standard InChI is InChI=1S/C34H38F3N3O4S/c1-6-43-32(41)18-26(23-16-28-33(30(17-23)42-5)40(4)39-38-28)22-11-12-27(34(35,36)37)24(15-22)13-20(2)25-14-21(3)44-29-9-7-8-10-31(29)45-19-25/h7-12,15-17,20-21,25-26H,6,13-14,18-19H2,1-5H3. The Labute approximate surface area is 265 Å². The fourth-order valence-electron chi connectivity index (χ4n) is 6.16. The summed E-state index contributed by atoms with van der Waals surface area (Å²) < 4.78 is 61.9. The second-order valence-electron chi connectivity index (χ2n) is 11.6. The molecule has 0 aliphatic carbocycles. The molecule has 0 bridgehead atoms. The van der Waals surface area contributed by atoms with Crippen LogP contribution >= 0.6 is 11.8 Å². The first kappa shape index (κ1) is 32.7. The van der Waals surface area contributed by atoms with Gasteiger partial charge in [-0.2, -0.15) is 13.2 Å². The molecular weight excluding hydrogens is 603 g/mol. The minimum Gasteiger partial charge on any atom is -0.494 e. The smallest absolute Gasteiger partial charge is 0.416 e. The molecule has 0 spiro atoms. The number of fused-ring (bicyclic) bond motifs is 2. The summed E-state index contributed by atoms with van der Waals surface area (Å²) in [4.78, 5) is 13.9. The summed E-state index contributed by atoms with van der Waals surface area (Å²) in [6.07, 6.45) is -3.71. The maximum Gasteiger partial charge on any atom is 0.416 e. The summed E-state index contributed by atoms with van der Waals surface area (Å²) >= 11 is 1.68. The molecule has 0 fully saturated rings. The van der Waals surface area contributed by atoms with Crippen molar-refractivity contribution in [3.05, 3.63) is 76.9 Å². The van der Waals surface area contributed by atoms with Crippen LogP contribution in [0.5, 0.6) is 11.5 Å². The van der Waals surface area contributed by atoms with Gasteiger partial charge in [0.25, 0.3) is 0 Å². The van der Waals surface area contributed by atoms with Crippen LogP contribution in [0.3, 0.4) is 0 Å². The lowest BCUT2D eigenvalue weighted by Gasteiger charge is -2.31. The first-order chi connectivity index (χ1) is 21.5. The minimum atomic E-state index is -4.53. The molecule has 4 unspecified atom stereocenters. The van der Waals surface area contributed by atoms with Crippen LogP contribution in [-0.2, 0) is 29.2 Å². The van der Waals surface area contributed by atoms with Gasteiger partial charge in [0.1, 0.15) is 22.5 Å². The highest BCUT2D eigenvalue weighted by Gasteiger charge is 2.35. The molecule has 3 aromatic carbocycles. The summed E-state index contributed by atoms with van der Waals surface area (Å²) in [5.74, 6) is 1.14. The zero-order chi connectivity index (χ0) is 32.3. The molecule has 0 saturated heterocycles. The number of methoxy groups -OCH3 is 1. The average Bonchev–Trinajstić information content (AvgIpc) is 3.37. The highest BCUT2D eigenvalue weighted by Crippen LogP contribution is 2.41. The SMILES string of the molecule is CCOC(=O)CC(c1ccc(C(F)(F)F)c(CC(C)C2CSc3ccccc3OC(C)C2)c1)c1cc(OC)c2c(c1)nnn2C. The summed E-state index contributed by atoms with van der Waals surface area (Å²) in [5, 5.41) is 8.31. The second-order valence-corrected chi connectivity index (χ2v) is 12.7. The van der Waals surface area contributed by atoms with E-state index in [-0.39, 0.29) is 43.0 Å². The van der Waals surface area contributed by atoms with E-state index in [9.17, 15) is 18.0 Å². The lowest BCUT2D eigenvalue weighted by atomic mass is 9.82. The first-order valence-corrected chi connectivity index (χ1v) is 16.1. The van der Waals surface area contributed by atoms with E-state index < -0.39 is 23.6 Å². The molecule has 240 valence electrons. The third kappa shape index (κ3) is 7.40. The van der Waals surface area contributed by atoms with E-state index in [1.54, 1.807) is 48.6 Å². The number of benzene rings is 3. The van der Waals surface area contributed by atoms with Gasteiger partial charge in [0.05, 0.1) is 31.8 Å². The van der Waals surface area contributed by atoms with Gasteiger partial charge in [0.2, 0.25) is 0 Å². The van der Waals surface area contributed by atoms with Gasteiger partial charge in [0.15, 0.2) is 0 Å². The van der Waals surface area contributed by atoms with E-state index in [0.717, 1.165) is 28.9 Å². The van der Waals surface area contributed by atoms with Crippen LogP contribution in [0.25, 0.3) is 11.0 Å². The van der Waals surface area contributed by atoms with Gasteiger partial charge >= 0.3 is 12.1 Å². The van der Waals surface area contributed by atoms with Crippen LogP contribution in [0.4, 0.5) is 13.2 Å². The highest BCUT2D eigenvalue weighted by molar-refractivity contribution is 7.99. The number of halogens is 3. The number of hydrogen-bond donors (Lipinski definition) is 0. The maximum absolute atomic E-state index is 14.4. The number of aromatic nitrogens is 3. The van der Waals surface area contributed by atoms with E-state index >= 15 is 0 Å². The lowest BCUT2D eigenvalue weighted by molar-refractivity contribution is -0.143. The van der Waals surface area contributed by atoms with E-state index in [4.69, 9.17) is 14.2 Å². The number of alkyl halides is 3. The second kappa shape index (κ2) is 13.7. The van der Waals surface area contributed by atoms with Crippen molar-refractivity contribution in [3.63, 3.8) is 0 Å². The van der Waals surface area contributed by atoms with E-state index in [0.29, 0.717) is 27.9 Å². The Balaban J connectivity index is 1.52. The molecule has 4 atom stereocenters. The van der Waals surface area contributed by atoms with Crippen LogP contribution in [0.15, 0.2) is 59.5 Å².